The highest BCUT2D eigenvalue weighted by molar-refractivity contribution is 7.88. The third-order valence-electron chi connectivity index (χ3n) is 9.12. The summed E-state index contributed by atoms with van der Waals surface area (Å²) in [4.78, 5) is 25.4. The molecule has 49 heavy (non-hydrogen) atoms. The Labute approximate surface area is 280 Å². The Balaban J connectivity index is 1.18. The summed E-state index contributed by atoms with van der Waals surface area (Å²) in [5, 5.41) is 5.26. The third-order valence-corrected chi connectivity index (χ3v) is 10.4. The van der Waals surface area contributed by atoms with Crippen molar-refractivity contribution in [2.24, 2.45) is 0 Å². The molecule has 4 heterocycles. The molecule has 12 nitrogen and oxygen atoms in total. The molecule has 0 saturated carbocycles. The summed E-state index contributed by atoms with van der Waals surface area (Å²) >= 11 is 0. The van der Waals surface area contributed by atoms with Crippen molar-refractivity contribution in [1.82, 2.24) is 28.6 Å². The number of urea groups is 1. The van der Waals surface area contributed by atoms with Gasteiger partial charge in [0.1, 0.15) is 23.6 Å². The molecule has 4 aromatic rings. The van der Waals surface area contributed by atoms with E-state index in [2.05, 4.69) is 25.5 Å². The third kappa shape index (κ3) is 7.64. The summed E-state index contributed by atoms with van der Waals surface area (Å²) in [6, 6.07) is 6.77. The van der Waals surface area contributed by atoms with Crippen LogP contribution in [0.2, 0.25) is 0 Å². The van der Waals surface area contributed by atoms with Gasteiger partial charge in [-0.15, -0.1) is 0 Å². The van der Waals surface area contributed by atoms with Gasteiger partial charge in [-0.05, 0) is 55.3 Å². The molecule has 2 aromatic heterocycles. The predicted octanol–water partition coefficient (Wildman–Crippen LogP) is 4.83. The van der Waals surface area contributed by atoms with E-state index in [0.29, 0.717) is 61.2 Å². The Bertz CT molecular complexity index is 1970. The number of aromatic nitrogens is 3. The average Bonchev–Trinajstić information content (AvgIpc) is 3.44. The number of anilines is 3. The lowest BCUT2D eigenvalue weighted by atomic mass is 10.0. The summed E-state index contributed by atoms with van der Waals surface area (Å²) in [6.45, 7) is 3.64. The van der Waals surface area contributed by atoms with Crippen LogP contribution in [-0.4, -0.2) is 95.7 Å². The number of hydrogen-bond acceptors (Lipinski definition) is 8. The molecule has 2 fully saturated rings. The first-order valence-electron chi connectivity index (χ1n) is 15.7. The molecule has 0 aliphatic carbocycles. The zero-order chi connectivity index (χ0) is 35.1. The number of sulfonamides is 1. The Morgan fingerprint density at radius 3 is 2.37 bits per heavy atom. The van der Waals surface area contributed by atoms with E-state index in [0.717, 1.165) is 19.2 Å². The summed E-state index contributed by atoms with van der Waals surface area (Å²) in [7, 11) is -1.35. The van der Waals surface area contributed by atoms with E-state index in [-0.39, 0.29) is 35.3 Å². The molecule has 262 valence electrons. The van der Waals surface area contributed by atoms with E-state index in [9.17, 15) is 26.4 Å². The van der Waals surface area contributed by atoms with Gasteiger partial charge in [0.25, 0.3) is 0 Å². The van der Waals surface area contributed by atoms with Crippen LogP contribution in [0, 0.1) is 5.82 Å². The number of hydrogen-bond donors (Lipinski definition) is 3. The van der Waals surface area contributed by atoms with Crippen LogP contribution < -0.4 is 16.4 Å². The number of likely N-dealkylation sites (N-methyl/N-ethyl adjacent to an activating group) is 1. The Hall–Kier alpha value is -4.32. The van der Waals surface area contributed by atoms with E-state index in [4.69, 9.17) is 5.73 Å². The smallest absolute Gasteiger partial charge is 0.383 e. The van der Waals surface area contributed by atoms with Crippen LogP contribution in [0.15, 0.2) is 48.9 Å². The van der Waals surface area contributed by atoms with Crippen molar-refractivity contribution in [1.29, 1.82) is 0 Å². The predicted molar refractivity (Wildman–Crippen MR) is 179 cm³/mol. The second kappa shape index (κ2) is 13.5. The first-order chi connectivity index (χ1) is 23.2. The zero-order valence-electron chi connectivity index (χ0n) is 27.0. The second-order valence-electron chi connectivity index (χ2n) is 12.5. The van der Waals surface area contributed by atoms with Crippen molar-refractivity contribution < 1.29 is 30.8 Å². The minimum absolute atomic E-state index is 0.0863. The molecule has 2 aliphatic heterocycles. The normalized spacial score (nSPS) is 17.4. The first-order valence-corrected chi connectivity index (χ1v) is 17.6. The molecular weight excluding hydrogens is 666 g/mol. The molecule has 6 rings (SSSR count). The van der Waals surface area contributed by atoms with Gasteiger partial charge in [-0.1, -0.05) is 12.1 Å². The van der Waals surface area contributed by atoms with Crippen LogP contribution in [0.4, 0.5) is 39.5 Å². The van der Waals surface area contributed by atoms with Crippen LogP contribution in [0.3, 0.4) is 0 Å². The molecule has 0 atom stereocenters. The van der Waals surface area contributed by atoms with Crippen molar-refractivity contribution in [3.8, 4) is 11.1 Å². The van der Waals surface area contributed by atoms with E-state index in [1.54, 1.807) is 12.3 Å². The molecule has 2 aliphatic rings. The van der Waals surface area contributed by atoms with Crippen molar-refractivity contribution in [3.05, 3.63) is 65.9 Å². The molecule has 17 heteroatoms. The molecule has 2 aromatic carbocycles. The van der Waals surface area contributed by atoms with Gasteiger partial charge in [0.15, 0.2) is 0 Å². The average molecular weight is 704 g/mol. The molecule has 0 bridgehead atoms. The first kappa shape index (κ1) is 34.5. The Morgan fingerprint density at radius 2 is 1.71 bits per heavy atom. The number of carbonyl (C=O) groups is 1. The number of nitrogen functional groups attached to an aromatic ring is 1. The molecule has 4 N–H and O–H groups in total. The molecule has 0 spiro atoms. The van der Waals surface area contributed by atoms with Crippen LogP contribution in [-0.2, 0) is 22.7 Å². The molecule has 0 radical (unpaired) electrons. The maximum absolute atomic E-state index is 15.4. The zero-order valence-corrected chi connectivity index (χ0v) is 27.8. The lowest BCUT2D eigenvalue weighted by molar-refractivity contribution is -0.138. The van der Waals surface area contributed by atoms with E-state index in [1.807, 2.05) is 16.5 Å². The van der Waals surface area contributed by atoms with E-state index < -0.39 is 33.6 Å². The molecular formula is C32H37F4N9O3S. The highest BCUT2D eigenvalue weighted by Gasteiger charge is 2.34. The largest absolute Gasteiger partial charge is 0.416 e. The van der Waals surface area contributed by atoms with Gasteiger partial charge in [0.2, 0.25) is 10.0 Å². The SMILES string of the molecule is CN1CCN(Cc2ccc(NC(=O)Nc3ccc(-c4cn(C5CCN(S(C)(=O)=O)CC5)c5ncnc(N)c45)cc3F)cc2C(F)(F)F)CC1. The lowest BCUT2D eigenvalue weighted by Crippen LogP contribution is -2.44. The van der Waals surface area contributed by atoms with Crippen LogP contribution in [0.5, 0.6) is 0 Å². The van der Waals surface area contributed by atoms with Gasteiger partial charge in [-0.3, -0.25) is 4.90 Å². The fraction of sp³-hybridized carbons (Fsp3) is 0.406. The van der Waals surface area contributed by atoms with Gasteiger partial charge in [-0.25, -0.2) is 31.9 Å². The second-order valence-corrected chi connectivity index (χ2v) is 14.5. The highest BCUT2D eigenvalue weighted by Crippen LogP contribution is 2.38. The van der Waals surface area contributed by atoms with Gasteiger partial charge in [0, 0.05) is 69.3 Å². The molecule has 2 saturated heterocycles. The topological polar surface area (TPSA) is 142 Å². The number of benzene rings is 2. The number of piperidine rings is 1. The summed E-state index contributed by atoms with van der Waals surface area (Å²) < 4.78 is 84.8. The number of halogens is 4. The summed E-state index contributed by atoms with van der Waals surface area (Å²) in [5.74, 6) is -0.606. The Morgan fingerprint density at radius 1 is 1.00 bits per heavy atom. The minimum atomic E-state index is -4.64. The number of rotatable bonds is 7. The van der Waals surface area contributed by atoms with Crippen LogP contribution in [0.1, 0.15) is 30.0 Å². The Kier molecular flexibility index (Phi) is 9.54. The van der Waals surface area contributed by atoms with Crippen molar-refractivity contribution in [3.63, 3.8) is 0 Å². The number of piperazine rings is 1. The number of nitrogens with two attached hydrogens (primary N) is 1. The number of carbonyl (C=O) groups excluding carboxylic acids is 1. The van der Waals surface area contributed by atoms with Crippen molar-refractivity contribution >= 4 is 44.3 Å². The maximum Gasteiger partial charge on any atom is 0.416 e. The summed E-state index contributed by atoms with van der Waals surface area (Å²) in [6.07, 6.45) is 0.734. The molecule has 2 amide bonds. The highest BCUT2D eigenvalue weighted by atomic mass is 32.2. The van der Waals surface area contributed by atoms with Crippen molar-refractivity contribution in [2.75, 3.05) is 68.9 Å². The van der Waals surface area contributed by atoms with Gasteiger partial charge < -0.3 is 25.8 Å². The summed E-state index contributed by atoms with van der Waals surface area (Å²) in [5.41, 5.74) is 6.72. The minimum Gasteiger partial charge on any atom is -0.383 e. The van der Waals surface area contributed by atoms with Gasteiger partial charge >= 0.3 is 12.2 Å². The van der Waals surface area contributed by atoms with E-state index in [1.165, 1.54) is 41.2 Å². The number of alkyl halides is 3. The fourth-order valence-corrected chi connectivity index (χ4v) is 7.30. The van der Waals surface area contributed by atoms with E-state index >= 15 is 4.39 Å². The molecule has 0 unspecified atom stereocenters. The van der Waals surface area contributed by atoms with Gasteiger partial charge in [-0.2, -0.15) is 13.2 Å². The van der Waals surface area contributed by atoms with Crippen molar-refractivity contribution in [2.45, 2.75) is 31.6 Å². The quantitative estimate of drug-likeness (QED) is 0.233. The number of nitrogens with one attached hydrogen (secondary N) is 2. The maximum atomic E-state index is 15.4. The fourth-order valence-electron chi connectivity index (χ4n) is 6.43. The standard InChI is InChI=1S/C32H37F4N9O3S/c1-42-11-13-43(14-12-42)17-21-3-5-22(16-25(21)32(34,35)36)40-31(46)41-27-6-4-20(15-26(27)33)24-18-45(30-28(24)29(37)38-19-39-30)23-7-9-44(10-8-23)49(2,47)48/h3-6,15-16,18-19,23H,7-14,17H2,1-2H3,(H2,37,38,39)(H2,40,41,46). The number of nitrogens with zero attached hydrogens (tertiary/aromatic N) is 6. The lowest BCUT2D eigenvalue weighted by Gasteiger charge is -2.33. The number of fused-ring (bicyclic) bond motifs is 1. The monoisotopic (exact) mass is 703 g/mol. The van der Waals surface area contributed by atoms with Crippen LogP contribution >= 0.6 is 0 Å². The number of amides is 2. The van der Waals surface area contributed by atoms with Gasteiger partial charge in [0.05, 0.1) is 22.9 Å². The van der Waals surface area contributed by atoms with Crippen LogP contribution in [0.25, 0.3) is 22.2 Å².